The van der Waals surface area contributed by atoms with E-state index in [0.29, 0.717) is 37.8 Å². The second-order valence-electron chi connectivity index (χ2n) is 20.7. The van der Waals surface area contributed by atoms with Crippen LogP contribution in [0.15, 0.2) is 91.0 Å². The number of nitro benzene ring substituents is 3. The SMILES string of the molecule is C.C.CN(c1ccc(N)cc1)[C@H]1CCN(CCS(C)(=O)=O)C1.CN(c1ccc([N+](=O)[O-])cc1)[C@H]1CCN(CCS(C)(=O)=O)C1.COc1cc(N[C@H]2CCNC2)ccc1[N+](=O)[O-].CS(=O)(=O)CCN1CC[C@H](Nc2ccc([N+](=O)[O-])cc2)C1.S.S.S.S.[2H]CF. The maximum atomic E-state index is 11.2. The molecule has 4 aliphatic heterocycles. The summed E-state index contributed by atoms with van der Waals surface area (Å²) in [7, 11) is -4.26. The maximum absolute atomic E-state index is 11.2. The van der Waals surface area contributed by atoms with Crippen molar-refractivity contribution < 1.29 is 50.5 Å². The molecule has 4 atom stereocenters. The predicted octanol–water partition coefficient (Wildman–Crippen LogP) is 6.79. The van der Waals surface area contributed by atoms with Crippen LogP contribution >= 0.6 is 54.0 Å². The first kappa shape index (κ1) is 85.0. The van der Waals surface area contributed by atoms with Crippen LogP contribution in [0.4, 0.5) is 49.9 Å². The lowest BCUT2D eigenvalue weighted by Crippen LogP contribution is -2.35. The zero-order valence-corrected chi connectivity index (χ0v) is 55.9. The second-order valence-corrected chi connectivity index (χ2v) is 27.5. The van der Waals surface area contributed by atoms with Crippen LogP contribution in [0.5, 0.6) is 5.75 Å². The number of alkyl halides is 1. The summed E-state index contributed by atoms with van der Waals surface area (Å²) in [6.07, 6.45) is 7.79. The number of nitrogens with zero attached hydrogens (tertiary/aromatic N) is 8. The van der Waals surface area contributed by atoms with Gasteiger partial charge in [0.25, 0.3) is 11.4 Å². The van der Waals surface area contributed by atoms with Crippen molar-refractivity contribution in [2.24, 2.45) is 0 Å². The molecule has 0 aliphatic carbocycles. The number of nitrogen functional groups attached to an aromatic ring is 1. The Labute approximate surface area is 550 Å². The van der Waals surface area contributed by atoms with Gasteiger partial charge in [0, 0.05) is 187 Å². The molecule has 33 heteroatoms. The van der Waals surface area contributed by atoms with E-state index < -0.39 is 51.4 Å². The molecule has 0 bridgehead atoms. The number of rotatable bonds is 21. The molecule has 0 unspecified atom stereocenters. The highest BCUT2D eigenvalue weighted by atomic mass is 32.2. The standard InChI is InChI=1S/C14H21N3O4S.C14H23N3O2S.C13H19N3O4S.C11H15N3O3.CH3F.2CH4.4H2S/c1-15(12-3-5-13(6-4-12)17(18)19)14-7-8-16(11-14)9-10-22(2,20)21;1-16(13-5-3-12(15)4-6-13)14-7-8-17(11-14)9-10-20(2,18)19;1-21(19,20)9-8-15-7-6-12(10-15)14-11-2-4-13(5-3-11)16(17)18;1-17-11-6-8(2-3-10(11)14(15)16)13-9-4-5-12-7-9;1-2;;;;;;/h3-6,14H,7-11H2,1-2H3;3-6,14H,7-11,15H2,1-2H3;2-5,12,14H,6-10H2,1H3;2-3,6,9,12-13H,4-5,7H2,1H3;1H3;2*1H4;4*1H2/t2*14-;12-;9-;;;;;;;/m0000......./s1/i;;;;1D;;;;;;. The van der Waals surface area contributed by atoms with Crippen LogP contribution in [0.25, 0.3) is 0 Å². The molecule has 4 fully saturated rings. The van der Waals surface area contributed by atoms with Crippen LogP contribution in [0, 0.1) is 30.3 Å². The molecule has 504 valence electrons. The Morgan fingerprint density at radius 2 is 1.00 bits per heavy atom. The highest BCUT2D eigenvalue weighted by Gasteiger charge is 2.29. The van der Waals surface area contributed by atoms with Crippen molar-refractivity contribution in [1.29, 1.82) is 0 Å². The summed E-state index contributed by atoms with van der Waals surface area (Å²) in [6, 6.07) is 26.9. The van der Waals surface area contributed by atoms with Gasteiger partial charge in [0.2, 0.25) is 0 Å². The van der Waals surface area contributed by atoms with Gasteiger partial charge in [-0.2, -0.15) is 54.0 Å². The molecule has 88 heavy (non-hydrogen) atoms. The molecule has 4 aromatic rings. The minimum atomic E-state index is -2.93. The van der Waals surface area contributed by atoms with E-state index in [-0.39, 0.29) is 115 Å². The number of nitrogens with one attached hydrogen (secondary N) is 3. The normalized spacial score (nSPS) is 18.0. The Hall–Kier alpha value is -5.10. The van der Waals surface area contributed by atoms with Crippen molar-refractivity contribution >= 4 is 129 Å². The predicted molar refractivity (Wildman–Crippen MR) is 378 cm³/mol. The van der Waals surface area contributed by atoms with E-state index in [1.165, 1.54) is 56.2 Å². The fraction of sp³-hybridized carbons (Fsp3) is 0.564. The lowest BCUT2D eigenvalue weighted by Gasteiger charge is -2.27. The van der Waals surface area contributed by atoms with E-state index in [1.54, 1.807) is 36.4 Å². The summed E-state index contributed by atoms with van der Waals surface area (Å²) < 4.78 is 87.7. The molecule has 0 amide bonds. The number of likely N-dealkylation sites (N-methyl/N-ethyl adjacent to an activating group) is 2. The zero-order valence-electron chi connectivity index (χ0n) is 50.5. The van der Waals surface area contributed by atoms with Crippen LogP contribution in [0.2, 0.25) is 0 Å². The molecule has 0 spiro atoms. The number of nitro groups is 3. The van der Waals surface area contributed by atoms with Gasteiger partial charge in [-0.3, -0.25) is 34.7 Å². The van der Waals surface area contributed by atoms with Crippen LogP contribution in [-0.4, -0.2) is 215 Å². The Kier molecular flexibility index (Phi) is 40.6. The Balaban J connectivity index is -0.00000107. The third-order valence-electron chi connectivity index (χ3n) is 14.2. The molecule has 0 radical (unpaired) electrons. The van der Waals surface area contributed by atoms with Gasteiger partial charge in [-0.25, -0.2) is 25.3 Å². The number of nitrogens with two attached hydrogens (primary N) is 1. The van der Waals surface area contributed by atoms with E-state index in [4.69, 9.17) is 11.8 Å². The quantitative estimate of drug-likeness (QED) is 0.0379. The highest BCUT2D eigenvalue weighted by Crippen LogP contribution is 2.31. The summed E-state index contributed by atoms with van der Waals surface area (Å²) in [4.78, 5) is 41.5. The summed E-state index contributed by atoms with van der Waals surface area (Å²) in [5, 5.41) is 41.9. The molecule has 5 N–H and O–H groups in total. The number of anilines is 5. The number of non-ortho nitro benzene ring substituents is 2. The third kappa shape index (κ3) is 31.6. The average molecular weight is 1380 g/mol. The number of ether oxygens (including phenoxy) is 1. The van der Waals surface area contributed by atoms with Crippen molar-refractivity contribution in [3.63, 3.8) is 0 Å². The van der Waals surface area contributed by atoms with Crippen molar-refractivity contribution in [3.05, 3.63) is 121 Å². The minimum Gasteiger partial charge on any atom is -0.490 e. The van der Waals surface area contributed by atoms with Crippen LogP contribution < -0.4 is 36.2 Å². The van der Waals surface area contributed by atoms with Crippen LogP contribution in [-0.2, 0) is 29.5 Å². The fourth-order valence-electron chi connectivity index (χ4n) is 9.49. The first-order valence-electron chi connectivity index (χ1n) is 27.2. The molecule has 0 saturated carbocycles. The molecular formula is C55H97FN12O13S7. The number of hydrogen-bond acceptors (Lipinski definition) is 22. The summed E-state index contributed by atoms with van der Waals surface area (Å²) in [5.41, 5.74) is 10.4. The molecule has 25 nitrogen and oxygen atoms in total. The van der Waals surface area contributed by atoms with Gasteiger partial charge in [0.1, 0.15) is 29.5 Å². The van der Waals surface area contributed by atoms with Gasteiger partial charge < -0.3 is 50.9 Å². The molecular weight excluding hydrogens is 1280 g/mol. The van der Waals surface area contributed by atoms with E-state index in [1.807, 2.05) is 31.3 Å². The molecule has 8 rings (SSSR count). The topological polar surface area (TPSA) is 319 Å². The molecule has 0 aromatic heterocycles. The van der Waals surface area contributed by atoms with Gasteiger partial charge in [0.05, 0.1) is 47.7 Å². The van der Waals surface area contributed by atoms with Crippen molar-refractivity contribution in [3.8, 4) is 5.75 Å². The van der Waals surface area contributed by atoms with Gasteiger partial charge in [0.15, 0.2) is 5.75 Å². The Bertz CT molecular complexity index is 3050. The first-order valence-corrected chi connectivity index (χ1v) is 32.7. The molecule has 4 aromatic carbocycles. The maximum Gasteiger partial charge on any atom is 0.311 e. The van der Waals surface area contributed by atoms with Crippen molar-refractivity contribution in [2.75, 3.05) is 163 Å². The number of likely N-dealkylation sites (tertiary alicyclic amines) is 3. The number of methoxy groups -OCH3 is 1. The van der Waals surface area contributed by atoms with Gasteiger partial charge in [-0.1, -0.05) is 14.9 Å². The number of hydrogen-bond donors (Lipinski definition) is 4. The number of halogens is 1. The van der Waals surface area contributed by atoms with Gasteiger partial charge in [-0.15, -0.1) is 0 Å². The number of benzene rings is 4. The van der Waals surface area contributed by atoms with Crippen LogP contribution in [0.3, 0.4) is 0 Å². The summed E-state index contributed by atoms with van der Waals surface area (Å²) >= 11 is 0. The van der Waals surface area contributed by atoms with E-state index in [9.17, 15) is 60.0 Å². The van der Waals surface area contributed by atoms with Crippen molar-refractivity contribution in [1.82, 2.24) is 20.0 Å². The van der Waals surface area contributed by atoms with E-state index >= 15 is 0 Å². The Morgan fingerprint density at radius 1 is 0.614 bits per heavy atom. The number of sulfone groups is 3. The molecule has 4 heterocycles. The minimum absolute atomic E-state index is 0. The summed E-state index contributed by atoms with van der Waals surface area (Å²) in [5.74, 6) is 0.884. The second kappa shape index (κ2) is 42.1. The Morgan fingerprint density at radius 3 is 1.39 bits per heavy atom. The average Bonchev–Trinajstić information content (AvgIpc) is 3.64. The fourth-order valence-corrected chi connectivity index (χ4v) is 11.3. The van der Waals surface area contributed by atoms with Gasteiger partial charge in [-0.05, 0) is 86.8 Å². The summed E-state index contributed by atoms with van der Waals surface area (Å²) in [6.45, 7) is 8.86. The van der Waals surface area contributed by atoms with E-state index in [0.717, 1.165) is 106 Å². The zero-order chi connectivity index (χ0) is 61.5. The van der Waals surface area contributed by atoms with Crippen molar-refractivity contribution in [2.45, 2.75) is 64.7 Å². The van der Waals surface area contributed by atoms with E-state index in [2.05, 4.69) is 47.5 Å². The van der Waals surface area contributed by atoms with Crippen LogP contribution in [0.1, 0.15) is 41.9 Å². The third-order valence-corrected chi connectivity index (χ3v) is 17.0. The molecule has 4 aliphatic rings. The smallest absolute Gasteiger partial charge is 0.311 e. The largest absolute Gasteiger partial charge is 0.490 e. The lowest BCUT2D eigenvalue weighted by molar-refractivity contribution is -0.385. The first-order chi connectivity index (χ1) is 39.1. The lowest BCUT2D eigenvalue weighted by atomic mass is 10.2. The monoisotopic (exact) mass is 1380 g/mol. The van der Waals surface area contributed by atoms with Gasteiger partial charge >= 0.3 is 5.69 Å². The molecule has 4 saturated heterocycles. The highest BCUT2D eigenvalue weighted by molar-refractivity contribution is 7.91.